The molecule has 0 fully saturated rings. The number of aromatic nitrogens is 3. The van der Waals surface area contributed by atoms with Crippen LogP contribution < -0.4 is 5.32 Å². The number of anilines is 2. The third kappa shape index (κ3) is 1.50. The van der Waals surface area contributed by atoms with Crippen molar-refractivity contribution in [1.82, 2.24) is 14.4 Å². The molecule has 4 heteroatoms. The van der Waals surface area contributed by atoms with Crippen molar-refractivity contribution in [3.05, 3.63) is 55.1 Å². The van der Waals surface area contributed by atoms with Gasteiger partial charge in [-0.2, -0.15) is 0 Å². The Kier molecular flexibility index (Phi) is 2.04. The van der Waals surface area contributed by atoms with Gasteiger partial charge in [-0.25, -0.2) is 4.98 Å². The molecule has 0 aliphatic heterocycles. The van der Waals surface area contributed by atoms with Crippen LogP contribution in [0.15, 0.2) is 55.1 Å². The molecule has 0 bridgehead atoms. The van der Waals surface area contributed by atoms with Gasteiger partial charge in [-0.15, -0.1) is 0 Å². The third-order valence-corrected chi connectivity index (χ3v) is 2.36. The summed E-state index contributed by atoms with van der Waals surface area (Å²) >= 11 is 0. The number of rotatable bonds is 2. The first-order chi connectivity index (χ1) is 7.93. The molecule has 16 heavy (non-hydrogen) atoms. The fraction of sp³-hybridized carbons (Fsp3) is 0. The summed E-state index contributed by atoms with van der Waals surface area (Å²) in [6, 6.07) is 9.96. The van der Waals surface area contributed by atoms with E-state index in [0.29, 0.717) is 0 Å². The minimum Gasteiger partial charge on any atom is -0.325 e. The Morgan fingerprint density at radius 3 is 2.81 bits per heavy atom. The van der Waals surface area contributed by atoms with Crippen molar-refractivity contribution in [3.63, 3.8) is 0 Å². The van der Waals surface area contributed by atoms with Gasteiger partial charge in [0.05, 0.1) is 17.9 Å². The Bertz CT molecular complexity index is 600. The topological polar surface area (TPSA) is 42.2 Å². The second kappa shape index (κ2) is 3.66. The van der Waals surface area contributed by atoms with Crippen LogP contribution >= 0.6 is 0 Å². The minimum atomic E-state index is 0.795. The Balaban J connectivity index is 2.01. The van der Waals surface area contributed by atoms with Crippen LogP contribution in [0.4, 0.5) is 11.6 Å². The SMILES string of the molecule is c1ccc(Nc2ncc3cnccn23)cc1. The van der Waals surface area contributed by atoms with Crippen LogP contribution in [-0.2, 0) is 0 Å². The molecule has 0 atom stereocenters. The highest BCUT2D eigenvalue weighted by Crippen LogP contribution is 2.15. The number of benzene rings is 1. The molecule has 4 nitrogen and oxygen atoms in total. The van der Waals surface area contributed by atoms with Gasteiger partial charge >= 0.3 is 0 Å². The summed E-state index contributed by atoms with van der Waals surface area (Å²) in [5, 5.41) is 3.25. The van der Waals surface area contributed by atoms with Crippen LogP contribution in [0.3, 0.4) is 0 Å². The van der Waals surface area contributed by atoms with E-state index in [4.69, 9.17) is 0 Å². The Morgan fingerprint density at radius 1 is 1.06 bits per heavy atom. The third-order valence-electron chi connectivity index (χ3n) is 2.36. The number of hydrogen-bond acceptors (Lipinski definition) is 3. The van der Waals surface area contributed by atoms with Crippen molar-refractivity contribution in [2.24, 2.45) is 0 Å². The highest BCUT2D eigenvalue weighted by atomic mass is 15.2. The smallest absolute Gasteiger partial charge is 0.212 e. The average molecular weight is 210 g/mol. The maximum Gasteiger partial charge on any atom is 0.212 e. The number of hydrogen-bond donors (Lipinski definition) is 1. The van der Waals surface area contributed by atoms with E-state index in [1.54, 1.807) is 18.6 Å². The zero-order valence-electron chi connectivity index (χ0n) is 8.54. The van der Waals surface area contributed by atoms with Crippen molar-refractivity contribution in [2.75, 3.05) is 5.32 Å². The van der Waals surface area contributed by atoms with Crippen LogP contribution in [-0.4, -0.2) is 14.4 Å². The van der Waals surface area contributed by atoms with E-state index in [9.17, 15) is 0 Å². The standard InChI is InChI=1S/C12H10N4/c1-2-4-10(5-3-1)15-12-14-9-11-8-13-6-7-16(11)12/h1-9H,(H,14,15). The van der Waals surface area contributed by atoms with Gasteiger partial charge < -0.3 is 5.32 Å². The van der Waals surface area contributed by atoms with Crippen molar-refractivity contribution in [1.29, 1.82) is 0 Å². The van der Waals surface area contributed by atoms with E-state index in [2.05, 4.69) is 15.3 Å². The van der Waals surface area contributed by atoms with E-state index < -0.39 is 0 Å². The van der Waals surface area contributed by atoms with Gasteiger partial charge in [0.1, 0.15) is 0 Å². The predicted molar refractivity (Wildman–Crippen MR) is 62.7 cm³/mol. The molecule has 0 amide bonds. The van der Waals surface area contributed by atoms with E-state index in [1.807, 2.05) is 40.9 Å². The number of nitrogens with zero attached hydrogens (tertiary/aromatic N) is 3. The van der Waals surface area contributed by atoms with E-state index in [-0.39, 0.29) is 0 Å². The summed E-state index contributed by atoms with van der Waals surface area (Å²) in [7, 11) is 0. The summed E-state index contributed by atoms with van der Waals surface area (Å²) in [6.07, 6.45) is 7.19. The van der Waals surface area contributed by atoms with Gasteiger partial charge in [0, 0.05) is 18.1 Å². The molecule has 1 aromatic carbocycles. The molecule has 2 aromatic heterocycles. The summed E-state index contributed by atoms with van der Waals surface area (Å²) in [4.78, 5) is 8.35. The molecule has 3 rings (SSSR count). The average Bonchev–Trinajstić information content (AvgIpc) is 2.74. The van der Waals surface area contributed by atoms with Crippen LogP contribution in [0.2, 0.25) is 0 Å². The molecule has 0 aliphatic carbocycles. The zero-order valence-corrected chi connectivity index (χ0v) is 8.54. The molecule has 78 valence electrons. The number of para-hydroxylation sites is 1. The lowest BCUT2D eigenvalue weighted by molar-refractivity contribution is 1.12. The summed E-state index contributed by atoms with van der Waals surface area (Å²) in [6.45, 7) is 0. The number of imidazole rings is 1. The fourth-order valence-corrected chi connectivity index (χ4v) is 1.59. The maximum absolute atomic E-state index is 4.30. The van der Waals surface area contributed by atoms with Gasteiger partial charge in [0.2, 0.25) is 5.95 Å². The first-order valence-corrected chi connectivity index (χ1v) is 5.02. The molecular weight excluding hydrogens is 200 g/mol. The van der Waals surface area contributed by atoms with E-state index >= 15 is 0 Å². The molecule has 0 saturated heterocycles. The molecule has 0 radical (unpaired) electrons. The van der Waals surface area contributed by atoms with Gasteiger partial charge in [0.15, 0.2) is 0 Å². The molecule has 0 saturated carbocycles. The lowest BCUT2D eigenvalue weighted by Gasteiger charge is -2.04. The Morgan fingerprint density at radius 2 is 1.94 bits per heavy atom. The Hall–Kier alpha value is -2.36. The van der Waals surface area contributed by atoms with Crippen LogP contribution in [0.25, 0.3) is 5.52 Å². The monoisotopic (exact) mass is 210 g/mol. The van der Waals surface area contributed by atoms with Crippen LogP contribution in [0.1, 0.15) is 0 Å². The zero-order chi connectivity index (χ0) is 10.8. The highest BCUT2D eigenvalue weighted by molar-refractivity contribution is 5.58. The second-order valence-electron chi connectivity index (χ2n) is 3.44. The molecule has 3 aromatic rings. The van der Waals surface area contributed by atoms with Crippen molar-refractivity contribution in [3.8, 4) is 0 Å². The molecule has 2 heterocycles. The number of nitrogens with one attached hydrogen (secondary N) is 1. The largest absolute Gasteiger partial charge is 0.325 e. The van der Waals surface area contributed by atoms with Gasteiger partial charge in [-0.3, -0.25) is 9.38 Å². The molecule has 1 N–H and O–H groups in total. The van der Waals surface area contributed by atoms with Crippen LogP contribution in [0.5, 0.6) is 0 Å². The highest BCUT2D eigenvalue weighted by Gasteiger charge is 2.02. The first-order valence-electron chi connectivity index (χ1n) is 5.02. The quantitative estimate of drug-likeness (QED) is 0.706. The Labute approximate surface area is 92.6 Å². The minimum absolute atomic E-state index is 0.795. The first kappa shape index (κ1) is 8.91. The van der Waals surface area contributed by atoms with Gasteiger partial charge in [0.25, 0.3) is 0 Å². The van der Waals surface area contributed by atoms with Gasteiger partial charge in [-0.05, 0) is 12.1 Å². The summed E-state index contributed by atoms with van der Waals surface area (Å²) in [5.41, 5.74) is 1.99. The van der Waals surface area contributed by atoms with E-state index in [0.717, 1.165) is 17.2 Å². The predicted octanol–water partition coefficient (Wildman–Crippen LogP) is 2.47. The normalized spacial score (nSPS) is 10.5. The fourth-order valence-electron chi connectivity index (χ4n) is 1.59. The number of fused-ring (bicyclic) bond motifs is 1. The van der Waals surface area contributed by atoms with Gasteiger partial charge in [-0.1, -0.05) is 18.2 Å². The summed E-state index contributed by atoms with van der Waals surface area (Å²) in [5.74, 6) is 0.795. The van der Waals surface area contributed by atoms with Crippen molar-refractivity contribution >= 4 is 17.2 Å². The lowest BCUT2D eigenvalue weighted by Crippen LogP contribution is -1.96. The molecule has 0 spiro atoms. The molecule has 0 aliphatic rings. The van der Waals surface area contributed by atoms with Crippen molar-refractivity contribution in [2.45, 2.75) is 0 Å². The second-order valence-corrected chi connectivity index (χ2v) is 3.44. The van der Waals surface area contributed by atoms with Crippen molar-refractivity contribution < 1.29 is 0 Å². The molecule has 0 unspecified atom stereocenters. The summed E-state index contributed by atoms with van der Waals surface area (Å²) < 4.78 is 1.96. The van der Waals surface area contributed by atoms with E-state index in [1.165, 1.54) is 0 Å². The molecular formula is C12H10N4. The van der Waals surface area contributed by atoms with Crippen LogP contribution in [0, 0.1) is 0 Å². The lowest BCUT2D eigenvalue weighted by atomic mass is 10.3. The maximum atomic E-state index is 4.30.